The molecule has 0 fully saturated rings. The van der Waals surface area contributed by atoms with Gasteiger partial charge in [-0.3, -0.25) is 0 Å². The average Bonchev–Trinajstić information content (AvgIpc) is 2.71. The SMILES string of the molecule is COCCCNCc1cn2ccccc2n1. The molecule has 0 saturated heterocycles. The molecule has 0 unspecified atom stereocenters. The van der Waals surface area contributed by atoms with Crippen LogP contribution in [0.4, 0.5) is 0 Å². The lowest BCUT2D eigenvalue weighted by atomic mass is 10.4. The first-order chi connectivity index (χ1) is 7.90. The summed E-state index contributed by atoms with van der Waals surface area (Å²) in [6, 6.07) is 6.01. The van der Waals surface area contributed by atoms with E-state index in [1.165, 1.54) is 0 Å². The Morgan fingerprint density at radius 2 is 2.38 bits per heavy atom. The molecule has 0 aliphatic heterocycles. The van der Waals surface area contributed by atoms with Crippen LogP contribution in [-0.4, -0.2) is 29.6 Å². The van der Waals surface area contributed by atoms with Gasteiger partial charge in [0.25, 0.3) is 0 Å². The fourth-order valence-electron chi connectivity index (χ4n) is 1.63. The third kappa shape index (κ3) is 2.81. The molecule has 0 aliphatic carbocycles. The van der Waals surface area contributed by atoms with Gasteiger partial charge in [-0.25, -0.2) is 4.98 Å². The second-order valence-electron chi connectivity index (χ2n) is 3.72. The maximum atomic E-state index is 4.98. The summed E-state index contributed by atoms with van der Waals surface area (Å²) in [6.07, 6.45) is 5.10. The van der Waals surface area contributed by atoms with Gasteiger partial charge in [-0.05, 0) is 25.1 Å². The Hall–Kier alpha value is -1.39. The van der Waals surface area contributed by atoms with Crippen LogP contribution in [0, 0.1) is 0 Å². The zero-order valence-electron chi connectivity index (χ0n) is 9.52. The highest BCUT2D eigenvalue weighted by Crippen LogP contribution is 2.03. The van der Waals surface area contributed by atoms with E-state index in [-0.39, 0.29) is 0 Å². The molecule has 4 nitrogen and oxygen atoms in total. The highest BCUT2D eigenvalue weighted by Gasteiger charge is 1.99. The van der Waals surface area contributed by atoms with Crippen LogP contribution >= 0.6 is 0 Å². The summed E-state index contributed by atoms with van der Waals surface area (Å²) in [5.74, 6) is 0. The van der Waals surface area contributed by atoms with Crippen molar-refractivity contribution in [1.82, 2.24) is 14.7 Å². The molecule has 0 spiro atoms. The minimum atomic E-state index is 0.804. The third-order valence-electron chi connectivity index (χ3n) is 2.42. The van der Waals surface area contributed by atoms with E-state index in [1.807, 2.05) is 28.8 Å². The standard InChI is InChI=1S/C12H17N3O/c1-16-8-4-6-13-9-11-10-15-7-3-2-5-12(15)14-11/h2-3,5,7,10,13H,4,6,8-9H2,1H3. The largest absolute Gasteiger partial charge is 0.385 e. The van der Waals surface area contributed by atoms with Crippen LogP contribution in [-0.2, 0) is 11.3 Å². The van der Waals surface area contributed by atoms with Crippen LogP contribution in [0.3, 0.4) is 0 Å². The van der Waals surface area contributed by atoms with Gasteiger partial charge in [-0.2, -0.15) is 0 Å². The number of rotatable bonds is 6. The van der Waals surface area contributed by atoms with Gasteiger partial charge >= 0.3 is 0 Å². The van der Waals surface area contributed by atoms with Gasteiger partial charge in [0.2, 0.25) is 0 Å². The van der Waals surface area contributed by atoms with Gasteiger partial charge in [0.15, 0.2) is 0 Å². The topological polar surface area (TPSA) is 38.6 Å². The lowest BCUT2D eigenvalue weighted by molar-refractivity contribution is 0.194. The minimum Gasteiger partial charge on any atom is -0.385 e. The number of hydrogen-bond acceptors (Lipinski definition) is 3. The lowest BCUT2D eigenvalue weighted by Crippen LogP contribution is -2.16. The zero-order valence-corrected chi connectivity index (χ0v) is 9.52. The summed E-state index contributed by atoms with van der Waals surface area (Å²) in [5.41, 5.74) is 2.07. The van der Waals surface area contributed by atoms with Crippen molar-refractivity contribution in [2.45, 2.75) is 13.0 Å². The molecule has 0 radical (unpaired) electrons. The van der Waals surface area contributed by atoms with Gasteiger partial charge in [-0.1, -0.05) is 6.07 Å². The number of methoxy groups -OCH3 is 1. The number of hydrogen-bond donors (Lipinski definition) is 1. The molecule has 86 valence electrons. The highest BCUT2D eigenvalue weighted by molar-refractivity contribution is 5.39. The predicted octanol–water partition coefficient (Wildman–Crippen LogP) is 1.46. The molecule has 0 atom stereocenters. The van der Waals surface area contributed by atoms with Crippen LogP contribution in [0.15, 0.2) is 30.6 Å². The van der Waals surface area contributed by atoms with E-state index in [9.17, 15) is 0 Å². The number of aromatic nitrogens is 2. The Kier molecular flexibility index (Phi) is 3.91. The van der Waals surface area contributed by atoms with E-state index in [0.29, 0.717) is 0 Å². The Labute approximate surface area is 95.3 Å². The highest BCUT2D eigenvalue weighted by atomic mass is 16.5. The predicted molar refractivity (Wildman–Crippen MR) is 63.4 cm³/mol. The molecule has 16 heavy (non-hydrogen) atoms. The molecule has 0 amide bonds. The summed E-state index contributed by atoms with van der Waals surface area (Å²) in [7, 11) is 1.72. The van der Waals surface area contributed by atoms with Crippen LogP contribution in [0.5, 0.6) is 0 Å². The monoisotopic (exact) mass is 219 g/mol. The van der Waals surface area contributed by atoms with Gasteiger partial charge in [0.05, 0.1) is 5.69 Å². The smallest absolute Gasteiger partial charge is 0.137 e. The van der Waals surface area contributed by atoms with E-state index < -0.39 is 0 Å². The minimum absolute atomic E-state index is 0.804. The molecule has 2 aromatic rings. The lowest BCUT2D eigenvalue weighted by Gasteiger charge is -2.00. The molecule has 0 aromatic carbocycles. The van der Waals surface area contributed by atoms with Crippen molar-refractivity contribution in [2.24, 2.45) is 0 Å². The molecule has 0 aliphatic rings. The maximum Gasteiger partial charge on any atom is 0.137 e. The van der Waals surface area contributed by atoms with Crippen molar-refractivity contribution < 1.29 is 4.74 Å². The molecule has 2 heterocycles. The number of pyridine rings is 1. The molecule has 0 bridgehead atoms. The van der Waals surface area contributed by atoms with Crippen LogP contribution in [0.1, 0.15) is 12.1 Å². The molecular formula is C12H17N3O. The van der Waals surface area contributed by atoms with E-state index in [1.54, 1.807) is 7.11 Å². The first-order valence-corrected chi connectivity index (χ1v) is 5.52. The molecule has 2 rings (SSSR count). The normalized spacial score (nSPS) is 11.1. The number of imidazole rings is 1. The van der Waals surface area contributed by atoms with Crippen molar-refractivity contribution >= 4 is 5.65 Å². The second kappa shape index (κ2) is 5.63. The summed E-state index contributed by atoms with van der Waals surface area (Å²) in [4.78, 5) is 4.50. The van der Waals surface area contributed by atoms with Crippen molar-refractivity contribution in [3.63, 3.8) is 0 Å². The van der Waals surface area contributed by atoms with Crippen molar-refractivity contribution in [3.05, 3.63) is 36.3 Å². The molecule has 4 heteroatoms. The maximum absolute atomic E-state index is 4.98. The number of ether oxygens (including phenoxy) is 1. The van der Waals surface area contributed by atoms with Gasteiger partial charge in [-0.15, -0.1) is 0 Å². The first-order valence-electron chi connectivity index (χ1n) is 5.52. The fourth-order valence-corrected chi connectivity index (χ4v) is 1.63. The molecule has 0 saturated carbocycles. The first kappa shape index (κ1) is 11.1. The average molecular weight is 219 g/mol. The van der Waals surface area contributed by atoms with Crippen molar-refractivity contribution in [1.29, 1.82) is 0 Å². The fraction of sp³-hybridized carbons (Fsp3) is 0.417. The second-order valence-corrected chi connectivity index (χ2v) is 3.72. The van der Waals surface area contributed by atoms with Gasteiger partial charge in [0.1, 0.15) is 5.65 Å². The summed E-state index contributed by atoms with van der Waals surface area (Å²) in [6.45, 7) is 2.57. The van der Waals surface area contributed by atoms with Crippen molar-refractivity contribution in [3.8, 4) is 0 Å². The quantitative estimate of drug-likeness (QED) is 0.747. The summed E-state index contributed by atoms with van der Waals surface area (Å²) < 4.78 is 7.02. The van der Waals surface area contributed by atoms with Crippen LogP contribution in [0.2, 0.25) is 0 Å². The Bertz CT molecular complexity index is 406. The number of nitrogens with one attached hydrogen (secondary N) is 1. The molecule has 1 N–H and O–H groups in total. The summed E-state index contributed by atoms with van der Waals surface area (Å²) in [5, 5.41) is 3.34. The zero-order chi connectivity index (χ0) is 11.2. The van der Waals surface area contributed by atoms with Crippen molar-refractivity contribution in [2.75, 3.05) is 20.3 Å². The van der Waals surface area contributed by atoms with Crippen LogP contribution < -0.4 is 5.32 Å². The molecular weight excluding hydrogens is 202 g/mol. The van der Waals surface area contributed by atoms with Gasteiger partial charge < -0.3 is 14.5 Å². The Morgan fingerprint density at radius 3 is 3.19 bits per heavy atom. The van der Waals surface area contributed by atoms with Crippen LogP contribution in [0.25, 0.3) is 5.65 Å². The Balaban J connectivity index is 1.85. The molecule has 2 aromatic heterocycles. The van der Waals surface area contributed by atoms with Gasteiger partial charge in [0, 0.05) is 32.7 Å². The Morgan fingerprint density at radius 1 is 1.44 bits per heavy atom. The van der Waals surface area contributed by atoms with E-state index >= 15 is 0 Å². The number of nitrogens with zero attached hydrogens (tertiary/aromatic N) is 2. The van der Waals surface area contributed by atoms with E-state index in [2.05, 4.69) is 16.5 Å². The van der Waals surface area contributed by atoms with E-state index in [0.717, 1.165) is 37.5 Å². The van der Waals surface area contributed by atoms with E-state index in [4.69, 9.17) is 4.74 Å². The number of fused-ring (bicyclic) bond motifs is 1. The summed E-state index contributed by atoms with van der Waals surface area (Å²) >= 11 is 0. The third-order valence-corrected chi connectivity index (χ3v) is 2.42.